The van der Waals surface area contributed by atoms with E-state index in [2.05, 4.69) is 10.6 Å². The Labute approximate surface area is 201 Å². The van der Waals surface area contributed by atoms with Gasteiger partial charge in [0.25, 0.3) is 5.91 Å². The van der Waals surface area contributed by atoms with Crippen molar-refractivity contribution in [2.24, 2.45) is 5.92 Å². The van der Waals surface area contributed by atoms with Crippen molar-refractivity contribution in [2.75, 3.05) is 24.3 Å². The van der Waals surface area contributed by atoms with E-state index in [-0.39, 0.29) is 12.5 Å². The van der Waals surface area contributed by atoms with Gasteiger partial charge in [-0.2, -0.15) is 0 Å². The van der Waals surface area contributed by atoms with E-state index in [1.807, 2.05) is 0 Å². The molecule has 1 unspecified atom stereocenters. The average molecular weight is 486 g/mol. The highest BCUT2D eigenvalue weighted by Crippen LogP contribution is 2.37. The molecule has 4 N–H and O–H groups in total. The number of hydrogen-bond acceptors (Lipinski definition) is 5. The normalized spacial score (nSPS) is 18.6. The average Bonchev–Trinajstić information content (AvgIpc) is 3.23. The third-order valence-corrected chi connectivity index (χ3v) is 6.42. The number of ether oxygens (including phenoxy) is 1. The van der Waals surface area contributed by atoms with Gasteiger partial charge in [-0.1, -0.05) is 19.1 Å². The smallest absolute Gasteiger partial charge is 0.252 e. The lowest BCUT2D eigenvalue weighted by Gasteiger charge is -2.34. The largest absolute Gasteiger partial charge is 0.399 e. The monoisotopic (exact) mass is 485 g/mol. The van der Waals surface area contributed by atoms with Crippen LogP contribution in [0.4, 0.5) is 20.2 Å². The number of nitrogens with zero attached hydrogens (tertiary/aromatic N) is 1. The van der Waals surface area contributed by atoms with E-state index in [1.165, 1.54) is 17.4 Å². The molecule has 0 aliphatic carbocycles. The molecule has 3 amide bonds. The van der Waals surface area contributed by atoms with Crippen molar-refractivity contribution < 1.29 is 27.9 Å². The molecule has 2 aromatic carbocycles. The molecular formula is C25H27F2N4O4. The highest BCUT2D eigenvalue weighted by molar-refractivity contribution is 6.00. The third-order valence-electron chi connectivity index (χ3n) is 6.42. The summed E-state index contributed by atoms with van der Waals surface area (Å²) in [5.74, 6) is -3.71. The molecule has 4 rings (SSSR count). The van der Waals surface area contributed by atoms with Gasteiger partial charge in [-0.15, -0.1) is 0 Å². The van der Waals surface area contributed by atoms with Crippen LogP contribution in [0.15, 0.2) is 36.4 Å². The zero-order valence-electron chi connectivity index (χ0n) is 19.2. The van der Waals surface area contributed by atoms with Gasteiger partial charge in [0.1, 0.15) is 29.4 Å². The van der Waals surface area contributed by atoms with Crippen molar-refractivity contribution in [3.63, 3.8) is 0 Å². The van der Waals surface area contributed by atoms with Crippen molar-refractivity contribution in [1.29, 1.82) is 0 Å². The molecule has 0 aromatic heterocycles. The minimum atomic E-state index is -1.16. The summed E-state index contributed by atoms with van der Waals surface area (Å²) in [6.07, 6.45) is 2.45. The van der Waals surface area contributed by atoms with Crippen molar-refractivity contribution in [2.45, 2.75) is 38.4 Å². The number of rotatable bonds is 6. The van der Waals surface area contributed by atoms with E-state index in [4.69, 9.17) is 10.5 Å². The number of benzene rings is 2. The number of fused-ring (bicyclic) bond motifs is 1. The molecule has 2 aliphatic rings. The molecule has 2 aliphatic heterocycles. The van der Waals surface area contributed by atoms with Crippen LogP contribution in [0.1, 0.15) is 36.9 Å². The molecule has 10 heteroatoms. The maximum atomic E-state index is 14.2. The number of carbonyl (C=O) groups excluding carboxylic acids is 3. The molecular weight excluding hydrogens is 458 g/mol. The Kier molecular flexibility index (Phi) is 7.30. The molecule has 2 heterocycles. The van der Waals surface area contributed by atoms with Crippen LogP contribution in [0, 0.1) is 24.0 Å². The molecule has 0 spiro atoms. The number of halogens is 2. The zero-order chi connectivity index (χ0) is 25.1. The molecule has 8 nitrogen and oxygen atoms in total. The lowest BCUT2D eigenvalue weighted by Crippen LogP contribution is -2.53. The van der Waals surface area contributed by atoms with Gasteiger partial charge in [-0.25, -0.2) is 8.78 Å². The topological polar surface area (TPSA) is 114 Å². The van der Waals surface area contributed by atoms with E-state index < -0.39 is 47.1 Å². The van der Waals surface area contributed by atoms with Crippen LogP contribution in [0.3, 0.4) is 0 Å². The fraction of sp³-hybridized carbons (Fsp3) is 0.360. The summed E-state index contributed by atoms with van der Waals surface area (Å²) in [5.41, 5.74) is 6.92. The molecule has 0 bridgehead atoms. The van der Waals surface area contributed by atoms with E-state index >= 15 is 0 Å². The number of anilines is 2. The van der Waals surface area contributed by atoms with E-state index in [9.17, 15) is 23.2 Å². The second-order valence-electron chi connectivity index (χ2n) is 8.64. The fourth-order valence-corrected chi connectivity index (χ4v) is 4.61. The lowest BCUT2D eigenvalue weighted by molar-refractivity contribution is -0.143. The summed E-state index contributed by atoms with van der Waals surface area (Å²) < 4.78 is 33.9. The van der Waals surface area contributed by atoms with E-state index in [0.29, 0.717) is 42.9 Å². The number of hydrogen-bond donors (Lipinski definition) is 3. The number of nitrogens with two attached hydrogens (primary N) is 1. The second kappa shape index (κ2) is 10.4. The molecule has 2 aromatic rings. The SMILES string of the molecule is C[CH]C(=O)N[C@H](C(=O)N1Cc2cc(N)ccc2C1C(=O)Nc1c(F)cccc1F)C1CCOCC1. The summed E-state index contributed by atoms with van der Waals surface area (Å²) in [4.78, 5) is 40.8. The van der Waals surface area contributed by atoms with Crippen LogP contribution in [-0.4, -0.2) is 41.9 Å². The summed E-state index contributed by atoms with van der Waals surface area (Å²) in [6, 6.07) is 6.08. The van der Waals surface area contributed by atoms with Crippen molar-refractivity contribution in [1.82, 2.24) is 10.2 Å². The molecule has 1 radical (unpaired) electrons. The van der Waals surface area contributed by atoms with Gasteiger partial charge in [0.05, 0.1) is 0 Å². The Morgan fingerprint density at radius 2 is 1.83 bits per heavy atom. The number of nitrogen functional groups attached to an aromatic ring is 1. The Morgan fingerprint density at radius 3 is 2.49 bits per heavy atom. The summed E-state index contributed by atoms with van der Waals surface area (Å²) in [7, 11) is 0. The number of amides is 3. The Morgan fingerprint density at radius 1 is 1.14 bits per heavy atom. The first kappa shape index (κ1) is 24.6. The van der Waals surface area contributed by atoms with Crippen LogP contribution < -0.4 is 16.4 Å². The third kappa shape index (κ3) is 5.12. The van der Waals surface area contributed by atoms with Crippen LogP contribution in [-0.2, 0) is 25.7 Å². The first-order valence-electron chi connectivity index (χ1n) is 11.4. The maximum Gasteiger partial charge on any atom is 0.252 e. The number of para-hydroxylation sites is 1. The standard InChI is InChI=1S/C25H27F2N4O4/c1-2-20(32)29-21(14-8-10-35-11-9-14)25(34)31-13-15-12-16(28)6-7-17(15)23(31)24(33)30-22-18(26)4-3-5-19(22)27/h2-7,12,14,21,23H,8-11,13,28H2,1H3,(H,29,32)(H,30,33)/t21-,23?/m0/s1. The van der Waals surface area contributed by atoms with Crippen molar-refractivity contribution >= 4 is 29.1 Å². The molecule has 2 atom stereocenters. The quantitative estimate of drug-likeness (QED) is 0.545. The first-order chi connectivity index (χ1) is 16.8. The van der Waals surface area contributed by atoms with Gasteiger partial charge in [0.2, 0.25) is 11.8 Å². The van der Waals surface area contributed by atoms with Crippen LogP contribution in [0.5, 0.6) is 0 Å². The minimum Gasteiger partial charge on any atom is -0.399 e. The van der Waals surface area contributed by atoms with E-state index in [0.717, 1.165) is 12.1 Å². The molecule has 35 heavy (non-hydrogen) atoms. The molecule has 0 saturated carbocycles. The number of carbonyl (C=O) groups is 3. The zero-order valence-corrected chi connectivity index (χ0v) is 19.2. The van der Waals surface area contributed by atoms with Gasteiger partial charge in [0, 0.05) is 31.9 Å². The highest BCUT2D eigenvalue weighted by Gasteiger charge is 2.43. The van der Waals surface area contributed by atoms with Gasteiger partial charge in [-0.3, -0.25) is 14.4 Å². The van der Waals surface area contributed by atoms with Gasteiger partial charge in [-0.05, 0) is 54.2 Å². The maximum absolute atomic E-state index is 14.2. The lowest BCUT2D eigenvalue weighted by atomic mass is 9.90. The minimum absolute atomic E-state index is 0.0580. The molecule has 1 saturated heterocycles. The predicted molar refractivity (Wildman–Crippen MR) is 125 cm³/mol. The highest BCUT2D eigenvalue weighted by atomic mass is 19.1. The van der Waals surface area contributed by atoms with Gasteiger partial charge < -0.3 is 26.0 Å². The van der Waals surface area contributed by atoms with Crippen LogP contribution in [0.25, 0.3) is 0 Å². The predicted octanol–water partition coefficient (Wildman–Crippen LogP) is 2.70. The Balaban J connectivity index is 1.68. The second-order valence-corrected chi connectivity index (χ2v) is 8.64. The Hall–Kier alpha value is -3.53. The summed E-state index contributed by atoms with van der Waals surface area (Å²) in [6.45, 7) is 2.53. The summed E-state index contributed by atoms with van der Waals surface area (Å²) in [5, 5.41) is 5.06. The molecule has 1 fully saturated rings. The molecule has 185 valence electrons. The number of nitrogens with one attached hydrogen (secondary N) is 2. The first-order valence-corrected chi connectivity index (χ1v) is 11.4. The van der Waals surface area contributed by atoms with Crippen LogP contribution >= 0.6 is 0 Å². The van der Waals surface area contributed by atoms with Crippen molar-refractivity contribution in [3.8, 4) is 0 Å². The summed E-state index contributed by atoms with van der Waals surface area (Å²) >= 11 is 0. The van der Waals surface area contributed by atoms with Crippen LogP contribution in [0.2, 0.25) is 0 Å². The van der Waals surface area contributed by atoms with E-state index in [1.54, 1.807) is 25.1 Å². The van der Waals surface area contributed by atoms with Crippen molar-refractivity contribution in [3.05, 3.63) is 65.6 Å². The van der Waals surface area contributed by atoms with Gasteiger partial charge >= 0.3 is 0 Å². The van der Waals surface area contributed by atoms with Gasteiger partial charge in [0.15, 0.2) is 0 Å². The Bertz CT molecular complexity index is 1120. The fourth-order valence-electron chi connectivity index (χ4n) is 4.61.